The highest BCUT2D eigenvalue weighted by Gasteiger charge is 2.51. The second-order valence-corrected chi connectivity index (χ2v) is 8.75. The molecule has 4 rings (SSSR count). The predicted octanol–water partition coefficient (Wildman–Crippen LogP) is 3.27. The molecule has 6 nitrogen and oxygen atoms in total. The van der Waals surface area contributed by atoms with Crippen LogP contribution in [0.3, 0.4) is 0 Å². The fraction of sp³-hybridized carbons (Fsp3) is 0.409. The summed E-state index contributed by atoms with van der Waals surface area (Å²) < 4.78 is 34.2. The number of β-amino-alcohol motifs (C(OH)–C–C–N with tert-alkyl or cyclic N) is 1. The predicted molar refractivity (Wildman–Crippen MR) is 113 cm³/mol. The molecule has 0 aromatic heterocycles. The summed E-state index contributed by atoms with van der Waals surface area (Å²) in [5, 5.41) is 25.0. The van der Waals surface area contributed by atoms with Gasteiger partial charge in [-0.25, -0.2) is 8.78 Å². The number of halogens is 3. The minimum absolute atomic E-state index is 0.0248. The molecule has 2 aromatic carbocycles. The molecule has 9 heteroatoms. The number of aliphatic hydroxyl groups is 2. The Bertz CT molecular complexity index is 1030. The quantitative estimate of drug-likeness (QED) is 0.663. The molecule has 2 aromatic rings. The van der Waals surface area contributed by atoms with Crippen molar-refractivity contribution >= 4 is 28.9 Å². The van der Waals surface area contributed by atoms with Gasteiger partial charge in [0.25, 0.3) is 0 Å². The van der Waals surface area contributed by atoms with Gasteiger partial charge in [-0.1, -0.05) is 11.6 Å². The third kappa shape index (κ3) is 4.07. The van der Waals surface area contributed by atoms with E-state index < -0.39 is 22.8 Å². The first kappa shape index (κ1) is 21.8. The molecule has 2 heterocycles. The van der Waals surface area contributed by atoms with Gasteiger partial charge >= 0.3 is 0 Å². The molecule has 2 aliphatic rings. The molecule has 0 saturated carbocycles. The summed E-state index contributed by atoms with van der Waals surface area (Å²) in [5.74, 6) is -0.997. The molecule has 0 radical (unpaired) electrons. The minimum atomic E-state index is -1.62. The van der Waals surface area contributed by atoms with E-state index >= 15 is 0 Å². The second-order valence-electron chi connectivity index (χ2n) is 8.31. The van der Waals surface area contributed by atoms with E-state index in [9.17, 15) is 23.8 Å². The summed E-state index contributed by atoms with van der Waals surface area (Å²) in [6, 6.07) is 6.94. The molecule has 0 unspecified atom stereocenters. The van der Waals surface area contributed by atoms with Crippen molar-refractivity contribution in [3.8, 4) is 5.75 Å². The Hall–Kier alpha value is -2.42. The van der Waals surface area contributed by atoms with Gasteiger partial charge in [-0.2, -0.15) is 0 Å². The van der Waals surface area contributed by atoms with Crippen LogP contribution in [-0.2, 0) is 11.2 Å². The van der Waals surface area contributed by atoms with Gasteiger partial charge in [-0.05, 0) is 50.1 Å². The molecular weight excluding hydrogens is 430 g/mol. The number of amides is 1. The van der Waals surface area contributed by atoms with Gasteiger partial charge in [-0.15, -0.1) is 0 Å². The number of fused-ring (bicyclic) bond motifs is 1. The number of nitrogens with one attached hydrogen (secondary N) is 1. The molecular formula is C22H23ClF2N2O4. The van der Waals surface area contributed by atoms with Crippen molar-refractivity contribution in [3.05, 3.63) is 52.6 Å². The number of anilines is 2. The Morgan fingerprint density at radius 2 is 1.97 bits per heavy atom. The molecule has 166 valence electrons. The highest BCUT2D eigenvalue weighted by atomic mass is 35.5. The average Bonchev–Trinajstić information content (AvgIpc) is 2.70. The van der Waals surface area contributed by atoms with Gasteiger partial charge in [0.2, 0.25) is 5.91 Å². The van der Waals surface area contributed by atoms with Gasteiger partial charge < -0.3 is 25.2 Å². The lowest BCUT2D eigenvalue weighted by Crippen LogP contribution is -2.66. The smallest absolute Gasteiger partial charge is 0.224 e. The van der Waals surface area contributed by atoms with E-state index in [2.05, 4.69) is 5.32 Å². The Kier molecular flexibility index (Phi) is 5.57. The molecule has 2 aliphatic heterocycles. The first-order valence-corrected chi connectivity index (χ1v) is 10.4. The van der Waals surface area contributed by atoms with E-state index in [1.165, 1.54) is 31.2 Å². The van der Waals surface area contributed by atoms with Gasteiger partial charge in [-0.3, -0.25) is 4.79 Å². The molecule has 1 fully saturated rings. The maximum Gasteiger partial charge on any atom is 0.224 e. The van der Waals surface area contributed by atoms with Crippen molar-refractivity contribution in [3.63, 3.8) is 0 Å². The zero-order chi connectivity index (χ0) is 22.4. The molecule has 3 N–H and O–H groups in total. The first-order valence-electron chi connectivity index (χ1n) is 9.98. The minimum Gasteiger partial charge on any atom is -0.490 e. The van der Waals surface area contributed by atoms with Gasteiger partial charge in [0.15, 0.2) is 0 Å². The van der Waals surface area contributed by atoms with Crippen LogP contribution in [0.5, 0.6) is 5.75 Å². The van der Waals surface area contributed by atoms with Crippen LogP contribution >= 0.6 is 11.6 Å². The summed E-state index contributed by atoms with van der Waals surface area (Å²) in [6.45, 7) is 1.48. The van der Waals surface area contributed by atoms with Crippen molar-refractivity contribution in [1.29, 1.82) is 0 Å². The molecule has 1 saturated heterocycles. The van der Waals surface area contributed by atoms with E-state index in [1.807, 2.05) is 0 Å². The molecule has 31 heavy (non-hydrogen) atoms. The van der Waals surface area contributed by atoms with E-state index in [1.54, 1.807) is 11.0 Å². The first-order chi connectivity index (χ1) is 14.6. The van der Waals surface area contributed by atoms with Crippen molar-refractivity contribution < 1.29 is 28.5 Å². The van der Waals surface area contributed by atoms with Crippen LogP contribution in [0.25, 0.3) is 0 Å². The summed E-state index contributed by atoms with van der Waals surface area (Å²) in [6.07, 6.45) is 0.630. The Balaban J connectivity index is 1.51. The average molecular weight is 453 g/mol. The van der Waals surface area contributed by atoms with Crippen LogP contribution in [0.4, 0.5) is 20.2 Å². The SMILES string of the molecule is C[C@]1(O)CN(c2ccc(Cl)cc2F)CC[C@]1(O)COc1ccc(F)c2c1CCC(=O)N2. The Labute approximate surface area is 183 Å². The number of rotatable bonds is 4. The summed E-state index contributed by atoms with van der Waals surface area (Å²) >= 11 is 5.81. The molecule has 1 amide bonds. The zero-order valence-corrected chi connectivity index (χ0v) is 17.7. The summed E-state index contributed by atoms with van der Waals surface area (Å²) in [5.41, 5.74) is -2.35. The summed E-state index contributed by atoms with van der Waals surface area (Å²) in [7, 11) is 0. The van der Waals surface area contributed by atoms with Crippen LogP contribution in [0.1, 0.15) is 25.3 Å². The van der Waals surface area contributed by atoms with Gasteiger partial charge in [0.05, 0.1) is 11.4 Å². The third-order valence-corrected chi connectivity index (χ3v) is 6.33. The number of carbonyl (C=O) groups is 1. The number of hydrogen-bond donors (Lipinski definition) is 3. The second kappa shape index (κ2) is 7.93. The number of piperidine rings is 1. The number of ether oxygens (including phenoxy) is 1. The normalized spacial score (nSPS) is 25.7. The van der Waals surface area contributed by atoms with E-state index in [0.29, 0.717) is 17.7 Å². The number of benzene rings is 2. The fourth-order valence-electron chi connectivity index (χ4n) is 4.11. The van der Waals surface area contributed by atoms with Crippen molar-refractivity contribution in [2.24, 2.45) is 0 Å². The highest BCUT2D eigenvalue weighted by molar-refractivity contribution is 6.30. The van der Waals surface area contributed by atoms with E-state index in [-0.39, 0.29) is 54.8 Å². The van der Waals surface area contributed by atoms with Gasteiger partial charge in [0.1, 0.15) is 35.2 Å². The lowest BCUT2D eigenvalue weighted by Gasteiger charge is -2.49. The molecule has 0 spiro atoms. The van der Waals surface area contributed by atoms with Crippen LogP contribution in [-0.4, -0.2) is 47.0 Å². The summed E-state index contributed by atoms with van der Waals surface area (Å²) in [4.78, 5) is 13.2. The number of hydrogen-bond acceptors (Lipinski definition) is 5. The highest BCUT2D eigenvalue weighted by Crippen LogP contribution is 2.38. The van der Waals surface area contributed by atoms with Crippen LogP contribution in [0, 0.1) is 11.6 Å². The maximum atomic E-state index is 14.3. The molecule has 0 aliphatic carbocycles. The van der Waals surface area contributed by atoms with E-state index in [4.69, 9.17) is 16.3 Å². The fourth-order valence-corrected chi connectivity index (χ4v) is 4.27. The lowest BCUT2D eigenvalue weighted by molar-refractivity contribution is -0.166. The Morgan fingerprint density at radius 1 is 1.19 bits per heavy atom. The topological polar surface area (TPSA) is 82.0 Å². The Morgan fingerprint density at radius 3 is 2.68 bits per heavy atom. The van der Waals surface area contributed by atoms with Crippen molar-refractivity contribution in [2.75, 3.05) is 29.9 Å². The van der Waals surface area contributed by atoms with Crippen molar-refractivity contribution in [1.82, 2.24) is 0 Å². The monoisotopic (exact) mass is 452 g/mol. The lowest BCUT2D eigenvalue weighted by atomic mass is 9.78. The van der Waals surface area contributed by atoms with Crippen LogP contribution < -0.4 is 15.0 Å². The number of carbonyl (C=O) groups excluding carboxylic acids is 1. The largest absolute Gasteiger partial charge is 0.490 e. The van der Waals surface area contributed by atoms with Gasteiger partial charge in [0, 0.05) is 30.1 Å². The van der Waals surface area contributed by atoms with Crippen LogP contribution in [0.2, 0.25) is 5.02 Å². The molecule has 0 bridgehead atoms. The number of nitrogens with zero attached hydrogens (tertiary/aromatic N) is 1. The zero-order valence-electron chi connectivity index (χ0n) is 16.9. The van der Waals surface area contributed by atoms with Crippen LogP contribution in [0.15, 0.2) is 30.3 Å². The molecule has 2 atom stereocenters. The third-order valence-electron chi connectivity index (χ3n) is 6.10. The standard InChI is InChI=1S/C22H23ClF2N2O4/c1-21(29)11-27(17-5-2-13(23)10-16(17)25)9-8-22(21,30)12-31-18-6-4-15(24)20-14(18)3-7-19(28)26-20/h2,4-6,10,29-30H,3,7-9,11-12H2,1H3,(H,26,28)/t21-,22-/m0/s1. The van der Waals surface area contributed by atoms with Crippen molar-refractivity contribution in [2.45, 2.75) is 37.4 Å². The maximum absolute atomic E-state index is 14.3. The van der Waals surface area contributed by atoms with E-state index in [0.717, 1.165) is 0 Å².